The molecule has 0 aliphatic carbocycles. The van der Waals surface area contributed by atoms with Crippen molar-refractivity contribution >= 4 is 11.7 Å². The minimum absolute atomic E-state index is 0.233. The zero-order valence-electron chi connectivity index (χ0n) is 15.5. The number of ether oxygens (including phenoxy) is 2. The Kier molecular flexibility index (Phi) is 5.68. The number of hydrogen-bond acceptors (Lipinski definition) is 5. The van der Waals surface area contributed by atoms with Crippen LogP contribution >= 0.6 is 0 Å². The van der Waals surface area contributed by atoms with Crippen molar-refractivity contribution in [2.24, 2.45) is 4.99 Å². The number of fused-ring (bicyclic) bond motifs is 2. The number of esters is 1. The van der Waals surface area contributed by atoms with Crippen molar-refractivity contribution in [2.75, 3.05) is 34.3 Å². The molecule has 26 heavy (non-hydrogen) atoms. The summed E-state index contributed by atoms with van der Waals surface area (Å²) in [5.74, 6) is 0.532. The fraction of sp³-hybridized carbons (Fsp3) is 0.333. The number of likely N-dealkylation sites (N-methyl/N-ethyl adjacent to an activating group) is 1. The lowest BCUT2D eigenvalue weighted by Crippen LogP contribution is -2.17. The van der Waals surface area contributed by atoms with Crippen LogP contribution in [0.25, 0.3) is 0 Å². The molecule has 136 valence electrons. The molecule has 0 fully saturated rings. The summed E-state index contributed by atoms with van der Waals surface area (Å²) < 4.78 is 10.8. The first kappa shape index (κ1) is 18.1. The molecule has 2 aromatic rings. The Morgan fingerprint density at radius 1 is 1.19 bits per heavy atom. The Labute approximate surface area is 154 Å². The Morgan fingerprint density at radius 3 is 2.77 bits per heavy atom. The van der Waals surface area contributed by atoms with Gasteiger partial charge in [-0.15, -0.1) is 0 Å². The van der Waals surface area contributed by atoms with Gasteiger partial charge in [0, 0.05) is 17.7 Å². The van der Waals surface area contributed by atoms with E-state index in [1.807, 2.05) is 44.4 Å². The van der Waals surface area contributed by atoms with Gasteiger partial charge in [-0.05, 0) is 37.4 Å². The molecule has 0 aromatic heterocycles. The van der Waals surface area contributed by atoms with Crippen LogP contribution in [0.1, 0.15) is 22.3 Å². The molecule has 1 heterocycles. The number of hydrogen-bond donors (Lipinski definition) is 0. The fourth-order valence-electron chi connectivity index (χ4n) is 2.95. The summed E-state index contributed by atoms with van der Waals surface area (Å²) >= 11 is 0. The van der Waals surface area contributed by atoms with Crippen molar-refractivity contribution in [3.63, 3.8) is 0 Å². The summed E-state index contributed by atoms with van der Waals surface area (Å²) in [6, 6.07) is 14.0. The number of methoxy groups -OCH3 is 1. The van der Waals surface area contributed by atoms with Crippen LogP contribution in [0.2, 0.25) is 0 Å². The molecule has 0 N–H and O–H groups in total. The quantitative estimate of drug-likeness (QED) is 0.777. The normalized spacial score (nSPS) is 14.4. The lowest BCUT2D eigenvalue weighted by Gasteiger charge is -2.12. The van der Waals surface area contributed by atoms with E-state index in [-0.39, 0.29) is 12.4 Å². The van der Waals surface area contributed by atoms with E-state index in [4.69, 9.17) is 14.5 Å². The molecule has 5 heteroatoms. The second kappa shape index (κ2) is 8.15. The zero-order valence-corrected chi connectivity index (χ0v) is 15.5. The number of nitrogens with zero attached hydrogens (tertiary/aromatic N) is 2. The highest BCUT2D eigenvalue weighted by molar-refractivity contribution is 6.15. The van der Waals surface area contributed by atoms with E-state index in [1.54, 1.807) is 0 Å². The van der Waals surface area contributed by atoms with Crippen molar-refractivity contribution in [2.45, 2.75) is 13.0 Å². The maximum absolute atomic E-state index is 11.7. The largest absolute Gasteiger partial charge is 0.488 e. The van der Waals surface area contributed by atoms with Crippen LogP contribution in [0.4, 0.5) is 0 Å². The van der Waals surface area contributed by atoms with Crippen LogP contribution in [0.5, 0.6) is 5.75 Å². The van der Waals surface area contributed by atoms with Gasteiger partial charge in [0.25, 0.3) is 0 Å². The van der Waals surface area contributed by atoms with Crippen molar-refractivity contribution in [1.29, 1.82) is 0 Å². The molecule has 5 nitrogen and oxygen atoms in total. The lowest BCUT2D eigenvalue weighted by molar-refractivity contribution is -0.139. The lowest BCUT2D eigenvalue weighted by atomic mass is 9.96. The first-order chi connectivity index (χ1) is 12.6. The Hall–Kier alpha value is -2.66. The van der Waals surface area contributed by atoms with Crippen molar-refractivity contribution in [3.8, 4) is 5.75 Å². The van der Waals surface area contributed by atoms with Gasteiger partial charge in [0.1, 0.15) is 12.4 Å². The average Bonchev–Trinajstić information content (AvgIpc) is 2.79. The van der Waals surface area contributed by atoms with Gasteiger partial charge in [-0.3, -0.25) is 9.79 Å². The van der Waals surface area contributed by atoms with E-state index in [0.717, 1.165) is 40.3 Å². The average molecular weight is 352 g/mol. The molecule has 0 unspecified atom stereocenters. The number of rotatable bonds is 5. The van der Waals surface area contributed by atoms with E-state index >= 15 is 0 Å². The Bertz CT molecular complexity index is 828. The zero-order chi connectivity index (χ0) is 18.5. The summed E-state index contributed by atoms with van der Waals surface area (Å²) in [5.41, 5.74) is 4.93. The molecule has 1 aliphatic rings. The molecular formula is C21H24N2O3. The first-order valence-electron chi connectivity index (χ1n) is 8.69. The standard InChI is InChI=1S/C21H24N2O3/c1-23(2)11-10-22-21-17-7-5-4-6-16(17)14-26-19-9-8-15(12-18(19)21)13-20(24)25-3/h4-9,12H,10-11,13-14H2,1-3H3/b22-21-. The minimum Gasteiger partial charge on any atom is -0.488 e. The van der Waals surface area contributed by atoms with Gasteiger partial charge in [-0.25, -0.2) is 0 Å². The maximum Gasteiger partial charge on any atom is 0.309 e. The first-order valence-corrected chi connectivity index (χ1v) is 8.69. The summed E-state index contributed by atoms with van der Waals surface area (Å²) in [7, 11) is 5.47. The van der Waals surface area contributed by atoms with E-state index in [9.17, 15) is 4.79 Å². The highest BCUT2D eigenvalue weighted by atomic mass is 16.5. The van der Waals surface area contributed by atoms with Gasteiger partial charge >= 0.3 is 5.97 Å². The SMILES string of the molecule is COC(=O)Cc1ccc2c(c1)/C(=N\CCN(C)C)c1ccccc1CO2. The molecular weight excluding hydrogens is 328 g/mol. The van der Waals surface area contributed by atoms with Gasteiger partial charge in [-0.1, -0.05) is 30.3 Å². The third kappa shape index (κ3) is 4.11. The van der Waals surface area contributed by atoms with Crippen molar-refractivity contribution < 1.29 is 14.3 Å². The third-order valence-corrected chi connectivity index (χ3v) is 4.35. The topological polar surface area (TPSA) is 51.1 Å². The summed E-state index contributed by atoms with van der Waals surface area (Å²) in [6.45, 7) is 2.06. The number of carbonyl (C=O) groups is 1. The van der Waals surface area contributed by atoms with Crippen LogP contribution in [0, 0.1) is 0 Å². The predicted molar refractivity (Wildman–Crippen MR) is 102 cm³/mol. The van der Waals surface area contributed by atoms with Gasteiger partial charge in [0.05, 0.1) is 25.8 Å². The Morgan fingerprint density at radius 2 is 2.00 bits per heavy atom. The van der Waals surface area contributed by atoms with E-state index in [0.29, 0.717) is 13.2 Å². The molecule has 0 spiro atoms. The summed E-state index contributed by atoms with van der Waals surface area (Å²) in [6.07, 6.45) is 0.233. The second-order valence-corrected chi connectivity index (χ2v) is 6.56. The summed E-state index contributed by atoms with van der Waals surface area (Å²) in [5, 5.41) is 0. The minimum atomic E-state index is -0.258. The highest BCUT2D eigenvalue weighted by Gasteiger charge is 2.21. The van der Waals surface area contributed by atoms with Crippen molar-refractivity contribution in [3.05, 3.63) is 64.7 Å². The molecule has 0 bridgehead atoms. The summed E-state index contributed by atoms with van der Waals surface area (Å²) in [4.78, 5) is 18.6. The van der Waals surface area contributed by atoms with Gasteiger partial charge in [0.15, 0.2) is 0 Å². The molecule has 0 saturated carbocycles. The van der Waals surface area contributed by atoms with Gasteiger partial charge in [-0.2, -0.15) is 0 Å². The molecule has 3 rings (SSSR count). The molecule has 0 atom stereocenters. The van der Waals surface area contributed by atoms with E-state index in [1.165, 1.54) is 7.11 Å². The molecule has 1 aliphatic heterocycles. The molecule has 2 aromatic carbocycles. The van der Waals surface area contributed by atoms with Crippen LogP contribution in [0.3, 0.4) is 0 Å². The van der Waals surface area contributed by atoms with E-state index in [2.05, 4.69) is 17.0 Å². The smallest absolute Gasteiger partial charge is 0.309 e. The van der Waals surface area contributed by atoms with E-state index < -0.39 is 0 Å². The maximum atomic E-state index is 11.7. The van der Waals surface area contributed by atoms with Crippen LogP contribution in [0.15, 0.2) is 47.5 Å². The number of aliphatic imine (C=N–C) groups is 1. The van der Waals surface area contributed by atoms with Crippen LogP contribution in [-0.4, -0.2) is 50.9 Å². The highest BCUT2D eigenvalue weighted by Crippen LogP contribution is 2.30. The Balaban J connectivity index is 2.05. The molecule has 0 radical (unpaired) electrons. The molecule has 0 saturated heterocycles. The van der Waals surface area contributed by atoms with Crippen LogP contribution < -0.4 is 4.74 Å². The van der Waals surface area contributed by atoms with Crippen molar-refractivity contribution in [1.82, 2.24) is 4.90 Å². The number of carbonyl (C=O) groups excluding carboxylic acids is 1. The predicted octanol–water partition coefficient (Wildman–Crippen LogP) is 2.69. The van der Waals surface area contributed by atoms with Crippen LogP contribution in [-0.2, 0) is 22.6 Å². The molecule has 0 amide bonds. The van der Waals surface area contributed by atoms with Gasteiger partial charge in [0.2, 0.25) is 0 Å². The monoisotopic (exact) mass is 352 g/mol. The second-order valence-electron chi connectivity index (χ2n) is 6.56. The fourth-order valence-corrected chi connectivity index (χ4v) is 2.95. The third-order valence-electron chi connectivity index (χ3n) is 4.35. The van der Waals surface area contributed by atoms with Gasteiger partial charge < -0.3 is 14.4 Å². The number of benzene rings is 2.